The fraction of sp³-hybridized carbons (Fsp3) is 0.273. The third-order valence-corrected chi connectivity index (χ3v) is 5.31. The fourth-order valence-corrected chi connectivity index (χ4v) is 3.76. The molecule has 0 saturated carbocycles. The van der Waals surface area contributed by atoms with E-state index in [1.165, 1.54) is 17.0 Å². The molecule has 1 heterocycles. The van der Waals surface area contributed by atoms with Gasteiger partial charge in [-0.05, 0) is 65.6 Å². The van der Waals surface area contributed by atoms with Gasteiger partial charge in [0.15, 0.2) is 0 Å². The molecule has 0 spiro atoms. The molecule has 1 aliphatic rings. The van der Waals surface area contributed by atoms with Gasteiger partial charge in [0.05, 0.1) is 11.4 Å². The minimum absolute atomic E-state index is 0.177. The molecule has 2 aromatic carbocycles. The molecule has 2 amide bonds. The predicted octanol–water partition coefficient (Wildman–Crippen LogP) is 5.37. The maximum Gasteiger partial charge on any atom is 0.293 e. The number of amides is 2. The van der Waals surface area contributed by atoms with Gasteiger partial charge in [-0.3, -0.25) is 14.5 Å². The van der Waals surface area contributed by atoms with E-state index < -0.39 is 0 Å². The first kappa shape index (κ1) is 20.1. The number of carbonyl (C=O) groups excluding carboxylic acids is 2. The Morgan fingerprint density at radius 1 is 1.14 bits per heavy atom. The van der Waals surface area contributed by atoms with E-state index in [1.54, 1.807) is 18.2 Å². The van der Waals surface area contributed by atoms with Crippen LogP contribution in [0.15, 0.2) is 47.4 Å². The van der Waals surface area contributed by atoms with Gasteiger partial charge in [-0.1, -0.05) is 38.1 Å². The van der Waals surface area contributed by atoms with Crippen LogP contribution < -0.4 is 4.74 Å². The smallest absolute Gasteiger partial charge is 0.293 e. The van der Waals surface area contributed by atoms with Gasteiger partial charge in [0, 0.05) is 0 Å². The van der Waals surface area contributed by atoms with Gasteiger partial charge in [-0.2, -0.15) is 0 Å². The number of ether oxygens (including phenoxy) is 1. The highest BCUT2D eigenvalue weighted by atomic mass is 32.2. The van der Waals surface area contributed by atoms with Crippen molar-refractivity contribution in [1.29, 1.82) is 0 Å². The average Bonchev–Trinajstić information content (AvgIpc) is 2.91. The standard InChI is InChI=1S/C22H22FNO3S/c1-14(2)18-9-4-15(3)12-19(18)27-11-10-24-21(25)20(28-22(24)26)13-16-5-7-17(23)8-6-16/h4-9,12-14H,10-11H2,1-3H3/b20-13-. The van der Waals surface area contributed by atoms with E-state index in [4.69, 9.17) is 4.74 Å². The summed E-state index contributed by atoms with van der Waals surface area (Å²) in [4.78, 5) is 26.3. The molecule has 3 rings (SSSR count). The van der Waals surface area contributed by atoms with Gasteiger partial charge in [0.25, 0.3) is 11.1 Å². The summed E-state index contributed by atoms with van der Waals surface area (Å²) in [6, 6.07) is 11.8. The lowest BCUT2D eigenvalue weighted by atomic mass is 10.0. The van der Waals surface area contributed by atoms with Crippen LogP contribution in [0.25, 0.3) is 6.08 Å². The number of rotatable bonds is 6. The normalized spacial score (nSPS) is 15.8. The summed E-state index contributed by atoms with van der Waals surface area (Å²) in [5.74, 6) is 0.394. The zero-order chi connectivity index (χ0) is 20.3. The van der Waals surface area contributed by atoms with Crippen molar-refractivity contribution in [3.05, 3.63) is 69.9 Å². The molecular formula is C22H22FNO3S. The molecule has 0 bridgehead atoms. The Balaban J connectivity index is 1.65. The van der Waals surface area contributed by atoms with Gasteiger partial charge in [-0.15, -0.1) is 0 Å². The lowest BCUT2D eigenvalue weighted by molar-refractivity contribution is -0.123. The molecule has 1 aliphatic heterocycles. The lowest BCUT2D eigenvalue weighted by Gasteiger charge is -2.17. The van der Waals surface area contributed by atoms with Gasteiger partial charge < -0.3 is 4.74 Å². The van der Waals surface area contributed by atoms with Crippen LogP contribution in [0.1, 0.15) is 36.5 Å². The number of imide groups is 1. The number of hydrogen-bond donors (Lipinski definition) is 0. The topological polar surface area (TPSA) is 46.6 Å². The van der Waals surface area contributed by atoms with Crippen molar-refractivity contribution in [2.45, 2.75) is 26.7 Å². The van der Waals surface area contributed by atoms with E-state index in [0.29, 0.717) is 16.4 Å². The average molecular weight is 399 g/mol. The largest absolute Gasteiger partial charge is 0.491 e. The summed E-state index contributed by atoms with van der Waals surface area (Å²) < 4.78 is 18.9. The molecule has 28 heavy (non-hydrogen) atoms. The molecule has 0 N–H and O–H groups in total. The highest BCUT2D eigenvalue weighted by Gasteiger charge is 2.34. The number of hydrogen-bond acceptors (Lipinski definition) is 4. The Morgan fingerprint density at radius 2 is 1.86 bits per heavy atom. The third-order valence-electron chi connectivity index (χ3n) is 4.40. The van der Waals surface area contributed by atoms with Crippen molar-refractivity contribution in [1.82, 2.24) is 4.90 Å². The van der Waals surface area contributed by atoms with Crippen LogP contribution in [-0.2, 0) is 4.79 Å². The number of aryl methyl sites for hydroxylation is 1. The number of thioether (sulfide) groups is 1. The number of carbonyl (C=O) groups is 2. The van der Waals surface area contributed by atoms with Crippen molar-refractivity contribution in [2.75, 3.05) is 13.2 Å². The minimum Gasteiger partial charge on any atom is -0.491 e. The van der Waals surface area contributed by atoms with Crippen molar-refractivity contribution in [2.24, 2.45) is 0 Å². The van der Waals surface area contributed by atoms with Crippen LogP contribution in [0.2, 0.25) is 0 Å². The monoisotopic (exact) mass is 399 g/mol. The number of nitrogens with zero attached hydrogens (tertiary/aromatic N) is 1. The van der Waals surface area contributed by atoms with Crippen LogP contribution >= 0.6 is 11.8 Å². The highest BCUT2D eigenvalue weighted by molar-refractivity contribution is 8.18. The molecule has 0 atom stereocenters. The van der Waals surface area contributed by atoms with Gasteiger partial charge in [0.2, 0.25) is 0 Å². The van der Waals surface area contributed by atoms with Crippen LogP contribution in [-0.4, -0.2) is 29.2 Å². The van der Waals surface area contributed by atoms with E-state index in [2.05, 4.69) is 13.8 Å². The zero-order valence-corrected chi connectivity index (χ0v) is 16.9. The molecule has 6 heteroatoms. The molecule has 0 aliphatic carbocycles. The summed E-state index contributed by atoms with van der Waals surface area (Å²) in [5.41, 5.74) is 2.85. The zero-order valence-electron chi connectivity index (χ0n) is 16.1. The third kappa shape index (κ3) is 4.62. The predicted molar refractivity (Wildman–Crippen MR) is 110 cm³/mol. The SMILES string of the molecule is Cc1ccc(C(C)C)c(OCCN2C(=O)S/C(=C\c3ccc(F)cc3)C2=O)c1. The van der Waals surface area contributed by atoms with E-state index in [0.717, 1.165) is 28.6 Å². The second kappa shape index (κ2) is 8.61. The fourth-order valence-electron chi connectivity index (χ4n) is 2.89. The summed E-state index contributed by atoms with van der Waals surface area (Å²) >= 11 is 0.887. The van der Waals surface area contributed by atoms with Crippen molar-refractivity contribution in [3.63, 3.8) is 0 Å². The summed E-state index contributed by atoms with van der Waals surface area (Å²) in [5, 5.41) is -0.324. The Labute approximate surface area is 168 Å². The Kier molecular flexibility index (Phi) is 6.19. The molecule has 2 aromatic rings. The number of halogens is 1. The summed E-state index contributed by atoms with van der Waals surface area (Å²) in [7, 11) is 0. The van der Waals surface area contributed by atoms with Crippen molar-refractivity contribution in [3.8, 4) is 5.75 Å². The first-order chi connectivity index (χ1) is 13.3. The van der Waals surface area contributed by atoms with Crippen LogP contribution in [0.4, 0.5) is 9.18 Å². The van der Waals surface area contributed by atoms with E-state index in [-0.39, 0.29) is 30.1 Å². The van der Waals surface area contributed by atoms with E-state index in [1.807, 2.05) is 25.1 Å². The first-order valence-electron chi connectivity index (χ1n) is 9.09. The molecule has 1 saturated heterocycles. The van der Waals surface area contributed by atoms with Gasteiger partial charge >= 0.3 is 0 Å². The Bertz CT molecular complexity index is 922. The first-order valence-corrected chi connectivity index (χ1v) is 9.91. The summed E-state index contributed by atoms with van der Waals surface area (Å²) in [6.45, 7) is 6.58. The van der Waals surface area contributed by atoms with Crippen LogP contribution in [0.5, 0.6) is 5.75 Å². The van der Waals surface area contributed by atoms with Crippen LogP contribution in [0.3, 0.4) is 0 Å². The number of benzene rings is 2. The molecular weight excluding hydrogens is 377 g/mol. The van der Waals surface area contributed by atoms with Gasteiger partial charge in [-0.25, -0.2) is 4.39 Å². The maximum atomic E-state index is 13.0. The molecule has 0 radical (unpaired) electrons. The summed E-state index contributed by atoms with van der Waals surface area (Å²) in [6.07, 6.45) is 1.60. The molecule has 1 fully saturated rings. The second-order valence-corrected chi connectivity index (χ2v) is 7.92. The van der Waals surface area contributed by atoms with Crippen molar-refractivity contribution >= 4 is 29.0 Å². The van der Waals surface area contributed by atoms with E-state index in [9.17, 15) is 14.0 Å². The second-order valence-electron chi connectivity index (χ2n) is 6.93. The maximum absolute atomic E-state index is 13.0. The molecule has 146 valence electrons. The molecule has 4 nitrogen and oxygen atoms in total. The van der Waals surface area contributed by atoms with Crippen LogP contribution in [0, 0.1) is 12.7 Å². The molecule has 0 aromatic heterocycles. The van der Waals surface area contributed by atoms with Gasteiger partial charge in [0.1, 0.15) is 18.2 Å². The highest BCUT2D eigenvalue weighted by Crippen LogP contribution is 2.32. The van der Waals surface area contributed by atoms with Crippen molar-refractivity contribution < 1.29 is 18.7 Å². The Hall–Kier alpha value is -2.60. The lowest BCUT2D eigenvalue weighted by Crippen LogP contribution is -2.32. The minimum atomic E-state index is -0.351. The Morgan fingerprint density at radius 3 is 2.54 bits per heavy atom. The quantitative estimate of drug-likeness (QED) is 0.613. The van der Waals surface area contributed by atoms with E-state index >= 15 is 0 Å². The molecule has 0 unspecified atom stereocenters.